The van der Waals surface area contributed by atoms with Crippen molar-refractivity contribution in [3.05, 3.63) is 76.1 Å². The molecule has 0 radical (unpaired) electrons. The summed E-state index contributed by atoms with van der Waals surface area (Å²) < 4.78 is 25.9. The van der Waals surface area contributed by atoms with Gasteiger partial charge in [-0.15, -0.1) is 11.3 Å². The average Bonchev–Trinajstić information content (AvgIpc) is 3.05. The van der Waals surface area contributed by atoms with Gasteiger partial charge in [-0.05, 0) is 48.0 Å². The molecule has 0 aliphatic heterocycles. The molecule has 0 atom stereocenters. The summed E-state index contributed by atoms with van der Waals surface area (Å²) in [6.45, 7) is 0. The van der Waals surface area contributed by atoms with Crippen LogP contribution >= 0.6 is 11.3 Å². The van der Waals surface area contributed by atoms with Crippen LogP contribution in [0.1, 0.15) is 10.6 Å². The molecule has 0 amide bonds. The highest BCUT2D eigenvalue weighted by Crippen LogP contribution is 2.27. The molecule has 0 N–H and O–H groups in total. The average molecular weight is 324 g/mol. The maximum atomic E-state index is 13.0. The zero-order valence-corrected chi connectivity index (χ0v) is 12.6. The Kier molecular flexibility index (Phi) is 4.26. The predicted molar refractivity (Wildman–Crippen MR) is 87.4 cm³/mol. The van der Waals surface area contributed by atoms with Crippen LogP contribution in [0.15, 0.2) is 53.9 Å². The van der Waals surface area contributed by atoms with Crippen molar-refractivity contribution in [3.8, 4) is 17.3 Å². The lowest BCUT2D eigenvalue weighted by Gasteiger charge is -1.97. The fourth-order valence-electron chi connectivity index (χ4n) is 2.02. The smallest absolute Gasteiger partial charge is 0.134 e. The first-order valence-electron chi connectivity index (χ1n) is 6.75. The number of aromatic nitrogens is 1. The van der Waals surface area contributed by atoms with Crippen molar-refractivity contribution >= 4 is 23.0 Å². The molecule has 5 heteroatoms. The van der Waals surface area contributed by atoms with Crippen LogP contribution in [0.4, 0.5) is 8.78 Å². The van der Waals surface area contributed by atoms with E-state index >= 15 is 0 Å². The van der Waals surface area contributed by atoms with Crippen LogP contribution in [0.2, 0.25) is 0 Å². The van der Waals surface area contributed by atoms with Gasteiger partial charge >= 0.3 is 0 Å². The number of nitrogens with zero attached hydrogens (tertiary/aromatic N) is 2. The number of rotatable bonds is 3. The van der Waals surface area contributed by atoms with E-state index < -0.39 is 0 Å². The minimum atomic E-state index is -0.325. The third-order valence-electron chi connectivity index (χ3n) is 3.18. The summed E-state index contributed by atoms with van der Waals surface area (Å²) in [5.74, 6) is -0.633. The number of allylic oxidation sites excluding steroid dienone is 1. The second-order valence-electron chi connectivity index (χ2n) is 4.77. The summed E-state index contributed by atoms with van der Waals surface area (Å²) in [5.41, 5.74) is 2.59. The molecule has 2 aromatic carbocycles. The molecule has 0 unspecified atom stereocenters. The Morgan fingerprint density at radius 1 is 1.00 bits per heavy atom. The van der Waals surface area contributed by atoms with Crippen LogP contribution in [0, 0.1) is 23.0 Å². The first-order chi connectivity index (χ1) is 11.2. The van der Waals surface area contributed by atoms with Crippen LogP contribution in [0.25, 0.3) is 22.9 Å². The van der Waals surface area contributed by atoms with Gasteiger partial charge in [-0.25, -0.2) is 13.8 Å². The molecule has 1 aromatic heterocycles. The van der Waals surface area contributed by atoms with Gasteiger partial charge in [0.15, 0.2) is 0 Å². The van der Waals surface area contributed by atoms with Crippen molar-refractivity contribution in [1.29, 1.82) is 5.26 Å². The lowest BCUT2D eigenvalue weighted by molar-refractivity contribution is 0.627. The quantitative estimate of drug-likeness (QED) is 0.625. The zero-order valence-electron chi connectivity index (χ0n) is 11.8. The monoisotopic (exact) mass is 324 g/mol. The molecule has 0 spiro atoms. The number of halogens is 2. The van der Waals surface area contributed by atoms with Gasteiger partial charge in [0.05, 0.1) is 11.3 Å². The molecule has 2 nitrogen and oxygen atoms in total. The number of benzene rings is 2. The lowest BCUT2D eigenvalue weighted by Crippen LogP contribution is -1.83. The maximum absolute atomic E-state index is 13.0. The normalized spacial score (nSPS) is 11.3. The molecule has 0 saturated carbocycles. The molecule has 1 heterocycles. The van der Waals surface area contributed by atoms with Gasteiger partial charge in [0.25, 0.3) is 0 Å². The van der Waals surface area contributed by atoms with Gasteiger partial charge in [0.2, 0.25) is 0 Å². The van der Waals surface area contributed by atoms with Crippen molar-refractivity contribution in [2.75, 3.05) is 0 Å². The molecular formula is C18H10F2N2S. The Labute approximate surface area is 136 Å². The van der Waals surface area contributed by atoms with Crippen LogP contribution in [0.5, 0.6) is 0 Å². The van der Waals surface area contributed by atoms with Crippen molar-refractivity contribution in [3.63, 3.8) is 0 Å². The fraction of sp³-hybridized carbons (Fsp3) is 0. The topological polar surface area (TPSA) is 36.7 Å². The summed E-state index contributed by atoms with van der Waals surface area (Å²) in [6, 6.07) is 14.0. The Balaban J connectivity index is 1.92. The largest absolute Gasteiger partial charge is 0.235 e. The van der Waals surface area contributed by atoms with Gasteiger partial charge < -0.3 is 0 Å². The number of hydrogen-bond acceptors (Lipinski definition) is 3. The Hall–Kier alpha value is -2.84. The predicted octanol–water partition coefficient (Wildman–Crippen LogP) is 5.15. The highest BCUT2D eigenvalue weighted by Gasteiger charge is 2.09. The van der Waals surface area contributed by atoms with E-state index in [1.54, 1.807) is 30.3 Å². The van der Waals surface area contributed by atoms with E-state index in [0.717, 1.165) is 11.1 Å². The molecular weight excluding hydrogens is 314 g/mol. The standard InChI is InChI=1S/C18H10F2N2S/c19-15-5-1-12(2-6-15)9-14(10-21)18-22-17(11-23-18)13-3-7-16(20)8-4-13/h1-9,11H/b14-9-. The Morgan fingerprint density at radius 2 is 1.61 bits per heavy atom. The molecule has 0 bridgehead atoms. The summed E-state index contributed by atoms with van der Waals surface area (Å²) in [6.07, 6.45) is 1.66. The van der Waals surface area contributed by atoms with Crippen LogP contribution in [-0.4, -0.2) is 4.98 Å². The first kappa shape index (κ1) is 15.1. The third kappa shape index (κ3) is 3.50. The van der Waals surface area contributed by atoms with Crippen LogP contribution in [0.3, 0.4) is 0 Å². The van der Waals surface area contributed by atoms with Crippen LogP contribution in [-0.2, 0) is 0 Å². The summed E-state index contributed by atoms with van der Waals surface area (Å²) in [5, 5.41) is 11.7. The molecule has 0 aliphatic carbocycles. The van der Waals surface area contributed by atoms with Crippen molar-refractivity contribution in [1.82, 2.24) is 4.98 Å². The first-order valence-corrected chi connectivity index (χ1v) is 7.63. The highest BCUT2D eigenvalue weighted by atomic mass is 32.1. The highest BCUT2D eigenvalue weighted by molar-refractivity contribution is 7.11. The minimum Gasteiger partial charge on any atom is -0.235 e. The van der Waals surface area contributed by atoms with E-state index in [1.165, 1.54) is 35.6 Å². The summed E-state index contributed by atoms with van der Waals surface area (Å²) >= 11 is 1.33. The van der Waals surface area contributed by atoms with Crippen molar-refractivity contribution < 1.29 is 8.78 Å². The van der Waals surface area contributed by atoms with E-state index in [4.69, 9.17) is 0 Å². The molecule has 3 aromatic rings. The van der Waals surface area contributed by atoms with Crippen molar-refractivity contribution in [2.45, 2.75) is 0 Å². The zero-order chi connectivity index (χ0) is 16.2. The SMILES string of the molecule is N#C/C(=C/c1ccc(F)cc1)c1nc(-c2ccc(F)cc2)cs1. The molecule has 0 aliphatic rings. The molecule has 112 valence electrons. The maximum Gasteiger partial charge on any atom is 0.134 e. The van der Waals surface area contributed by atoms with Gasteiger partial charge in [0, 0.05) is 10.9 Å². The summed E-state index contributed by atoms with van der Waals surface area (Å²) in [4.78, 5) is 4.43. The molecule has 3 rings (SSSR count). The van der Waals surface area contributed by atoms with E-state index in [1.807, 2.05) is 5.38 Å². The molecule has 23 heavy (non-hydrogen) atoms. The number of thiazole rings is 1. The molecule has 0 fully saturated rings. The van der Waals surface area contributed by atoms with Gasteiger partial charge in [-0.2, -0.15) is 5.26 Å². The van der Waals surface area contributed by atoms with E-state index in [-0.39, 0.29) is 11.6 Å². The third-order valence-corrected chi connectivity index (χ3v) is 4.05. The van der Waals surface area contributed by atoms with E-state index in [2.05, 4.69) is 11.1 Å². The molecule has 0 saturated heterocycles. The minimum absolute atomic E-state index is 0.307. The van der Waals surface area contributed by atoms with Gasteiger partial charge in [-0.1, -0.05) is 12.1 Å². The van der Waals surface area contributed by atoms with E-state index in [9.17, 15) is 14.0 Å². The second kappa shape index (κ2) is 6.51. The van der Waals surface area contributed by atoms with Gasteiger partial charge in [0.1, 0.15) is 22.7 Å². The van der Waals surface area contributed by atoms with Gasteiger partial charge in [-0.3, -0.25) is 0 Å². The second-order valence-corrected chi connectivity index (χ2v) is 5.62. The number of hydrogen-bond donors (Lipinski definition) is 0. The lowest BCUT2D eigenvalue weighted by atomic mass is 10.1. The summed E-state index contributed by atoms with van der Waals surface area (Å²) in [7, 11) is 0. The van der Waals surface area contributed by atoms with Crippen molar-refractivity contribution in [2.24, 2.45) is 0 Å². The number of nitriles is 1. The van der Waals surface area contributed by atoms with E-state index in [0.29, 0.717) is 16.3 Å². The Bertz CT molecular complexity index is 888. The van der Waals surface area contributed by atoms with Crippen LogP contribution < -0.4 is 0 Å². The fourth-order valence-corrected chi connectivity index (χ4v) is 2.81. The Morgan fingerprint density at radius 3 is 2.22 bits per heavy atom.